The van der Waals surface area contributed by atoms with Crippen LogP contribution < -0.4 is 10.8 Å². The number of hydroxylamine groups is 1. The highest BCUT2D eigenvalue weighted by molar-refractivity contribution is 6.30. The summed E-state index contributed by atoms with van der Waals surface area (Å²) in [7, 11) is 0. The summed E-state index contributed by atoms with van der Waals surface area (Å²) in [6.45, 7) is 0.343. The fourth-order valence-electron chi connectivity index (χ4n) is 1.79. The van der Waals surface area contributed by atoms with Crippen molar-refractivity contribution in [3.63, 3.8) is 0 Å². The first kappa shape index (κ1) is 16.3. The highest BCUT2D eigenvalue weighted by Gasteiger charge is 2.09. The van der Waals surface area contributed by atoms with Gasteiger partial charge >= 0.3 is 6.03 Å². The first-order valence-corrected chi connectivity index (χ1v) is 7.16. The Bertz CT molecular complexity index is 590. The van der Waals surface area contributed by atoms with Crippen molar-refractivity contribution in [3.05, 3.63) is 70.7 Å². The molecule has 6 heteroatoms. The molecule has 2 aromatic rings. The number of halogens is 1. The molecule has 0 aliphatic carbocycles. The van der Waals surface area contributed by atoms with Crippen molar-refractivity contribution in [2.75, 3.05) is 6.54 Å². The molecule has 22 heavy (non-hydrogen) atoms. The van der Waals surface area contributed by atoms with Gasteiger partial charge in [-0.05, 0) is 23.3 Å². The number of urea groups is 1. The molecule has 116 valence electrons. The average molecular weight is 321 g/mol. The predicted octanol–water partition coefficient (Wildman–Crippen LogP) is 2.80. The van der Waals surface area contributed by atoms with Gasteiger partial charge in [0.15, 0.2) is 0 Å². The number of nitrogens with one attached hydrogen (secondary N) is 2. The zero-order chi connectivity index (χ0) is 15.8. The van der Waals surface area contributed by atoms with Crippen molar-refractivity contribution in [1.82, 2.24) is 10.8 Å². The summed E-state index contributed by atoms with van der Waals surface area (Å²) in [5.41, 5.74) is 3.89. The van der Waals surface area contributed by atoms with Crippen LogP contribution in [0.4, 0.5) is 4.79 Å². The number of aliphatic hydroxyl groups is 1. The van der Waals surface area contributed by atoms with Crippen molar-refractivity contribution >= 4 is 17.6 Å². The molecule has 2 rings (SSSR count). The third-order valence-electron chi connectivity index (χ3n) is 2.96. The van der Waals surface area contributed by atoms with Crippen LogP contribution in [0.25, 0.3) is 0 Å². The molecule has 0 radical (unpaired) electrons. The van der Waals surface area contributed by atoms with Crippen molar-refractivity contribution in [1.29, 1.82) is 0 Å². The van der Waals surface area contributed by atoms with Gasteiger partial charge in [0.2, 0.25) is 0 Å². The molecule has 0 heterocycles. The van der Waals surface area contributed by atoms with E-state index in [1.807, 2.05) is 30.3 Å². The average Bonchev–Trinajstić information content (AvgIpc) is 2.54. The molecule has 0 aliphatic heterocycles. The van der Waals surface area contributed by atoms with E-state index in [1.54, 1.807) is 24.3 Å². The summed E-state index contributed by atoms with van der Waals surface area (Å²) in [5.74, 6) is 0. The van der Waals surface area contributed by atoms with Gasteiger partial charge in [-0.25, -0.2) is 10.3 Å². The van der Waals surface area contributed by atoms with Crippen LogP contribution in [0.5, 0.6) is 0 Å². The SMILES string of the molecule is O=C(NC[C@H](O)c1ccc(Cl)cc1)NOCc1ccccc1. The van der Waals surface area contributed by atoms with Crippen LogP contribution in [0.15, 0.2) is 54.6 Å². The van der Waals surface area contributed by atoms with Gasteiger partial charge in [0.1, 0.15) is 0 Å². The number of carbonyl (C=O) groups excluding carboxylic acids is 1. The van der Waals surface area contributed by atoms with E-state index in [1.165, 1.54) is 0 Å². The Morgan fingerprint density at radius 1 is 1.14 bits per heavy atom. The van der Waals surface area contributed by atoms with Gasteiger partial charge in [-0.1, -0.05) is 54.1 Å². The molecule has 0 saturated carbocycles. The summed E-state index contributed by atoms with van der Waals surface area (Å²) in [6.07, 6.45) is -0.808. The maximum atomic E-state index is 11.5. The lowest BCUT2D eigenvalue weighted by molar-refractivity contribution is 0.0477. The van der Waals surface area contributed by atoms with E-state index in [4.69, 9.17) is 16.4 Å². The van der Waals surface area contributed by atoms with Crippen molar-refractivity contribution in [2.24, 2.45) is 0 Å². The number of benzene rings is 2. The van der Waals surface area contributed by atoms with Crippen molar-refractivity contribution < 1.29 is 14.7 Å². The lowest BCUT2D eigenvalue weighted by Crippen LogP contribution is -2.37. The van der Waals surface area contributed by atoms with Crippen LogP contribution in [0, 0.1) is 0 Å². The van der Waals surface area contributed by atoms with Crippen LogP contribution >= 0.6 is 11.6 Å². The smallest absolute Gasteiger partial charge is 0.338 e. The van der Waals surface area contributed by atoms with E-state index in [-0.39, 0.29) is 13.2 Å². The molecule has 0 spiro atoms. The van der Waals surface area contributed by atoms with Gasteiger partial charge in [0.05, 0.1) is 12.7 Å². The summed E-state index contributed by atoms with van der Waals surface area (Å²) in [6, 6.07) is 15.7. The van der Waals surface area contributed by atoms with E-state index in [0.29, 0.717) is 10.6 Å². The van der Waals surface area contributed by atoms with Gasteiger partial charge in [-0.15, -0.1) is 0 Å². The molecule has 2 aromatic carbocycles. The zero-order valence-corrected chi connectivity index (χ0v) is 12.6. The molecule has 0 bridgehead atoms. The molecule has 3 N–H and O–H groups in total. The lowest BCUT2D eigenvalue weighted by Gasteiger charge is -2.13. The molecule has 2 amide bonds. The van der Waals surface area contributed by atoms with Gasteiger partial charge < -0.3 is 10.4 Å². The molecule has 0 fully saturated rings. The van der Waals surface area contributed by atoms with Crippen LogP contribution in [0.3, 0.4) is 0 Å². The van der Waals surface area contributed by atoms with E-state index >= 15 is 0 Å². The van der Waals surface area contributed by atoms with E-state index in [0.717, 1.165) is 5.56 Å². The quantitative estimate of drug-likeness (QED) is 0.717. The number of carbonyl (C=O) groups is 1. The number of hydrogen-bond acceptors (Lipinski definition) is 3. The second-order valence-corrected chi connectivity index (χ2v) is 5.09. The molecular formula is C16H17ClN2O3. The fraction of sp³-hybridized carbons (Fsp3) is 0.188. The molecule has 1 atom stereocenters. The van der Waals surface area contributed by atoms with Gasteiger partial charge in [-0.3, -0.25) is 4.84 Å². The van der Waals surface area contributed by atoms with Crippen LogP contribution in [0.2, 0.25) is 5.02 Å². The molecule has 0 saturated heterocycles. The Balaban J connectivity index is 1.68. The minimum atomic E-state index is -0.808. The largest absolute Gasteiger partial charge is 0.387 e. The number of hydrogen-bond donors (Lipinski definition) is 3. The molecular weight excluding hydrogens is 304 g/mol. The maximum absolute atomic E-state index is 11.5. The van der Waals surface area contributed by atoms with Crippen LogP contribution in [-0.2, 0) is 11.4 Å². The second-order valence-electron chi connectivity index (χ2n) is 4.65. The molecule has 5 nitrogen and oxygen atoms in total. The van der Waals surface area contributed by atoms with Gasteiger partial charge in [0.25, 0.3) is 0 Å². The van der Waals surface area contributed by atoms with Crippen LogP contribution in [0.1, 0.15) is 17.2 Å². The summed E-state index contributed by atoms with van der Waals surface area (Å²) in [5, 5.41) is 13.1. The van der Waals surface area contributed by atoms with E-state index in [2.05, 4.69) is 10.8 Å². The monoisotopic (exact) mass is 320 g/mol. The van der Waals surface area contributed by atoms with E-state index < -0.39 is 12.1 Å². The Morgan fingerprint density at radius 2 is 1.82 bits per heavy atom. The summed E-state index contributed by atoms with van der Waals surface area (Å²) < 4.78 is 0. The number of amides is 2. The predicted molar refractivity (Wildman–Crippen MR) is 84.2 cm³/mol. The molecule has 0 aliphatic rings. The Hall–Kier alpha value is -2.08. The first-order valence-electron chi connectivity index (χ1n) is 6.78. The van der Waals surface area contributed by atoms with Gasteiger partial charge in [-0.2, -0.15) is 0 Å². The minimum absolute atomic E-state index is 0.0716. The Morgan fingerprint density at radius 3 is 2.50 bits per heavy atom. The fourth-order valence-corrected chi connectivity index (χ4v) is 1.91. The highest BCUT2D eigenvalue weighted by Crippen LogP contribution is 2.15. The minimum Gasteiger partial charge on any atom is -0.387 e. The molecule has 0 unspecified atom stereocenters. The summed E-state index contributed by atoms with van der Waals surface area (Å²) >= 11 is 5.77. The maximum Gasteiger partial charge on any atom is 0.338 e. The van der Waals surface area contributed by atoms with Crippen molar-refractivity contribution in [3.8, 4) is 0 Å². The Kier molecular flexibility index (Phi) is 6.21. The standard InChI is InChI=1S/C16H17ClN2O3/c17-14-8-6-13(7-9-14)15(20)10-18-16(21)19-22-11-12-4-2-1-3-5-12/h1-9,15,20H,10-11H2,(H2,18,19,21)/t15-/m0/s1. The third kappa shape index (κ3) is 5.37. The topological polar surface area (TPSA) is 70.6 Å². The Labute approximate surface area is 133 Å². The number of rotatable bonds is 6. The van der Waals surface area contributed by atoms with Crippen molar-refractivity contribution in [2.45, 2.75) is 12.7 Å². The molecule has 0 aromatic heterocycles. The van der Waals surface area contributed by atoms with Crippen LogP contribution in [-0.4, -0.2) is 17.7 Å². The second kappa shape index (κ2) is 8.38. The van der Waals surface area contributed by atoms with Gasteiger partial charge in [0, 0.05) is 11.6 Å². The first-order chi connectivity index (χ1) is 10.6. The van der Waals surface area contributed by atoms with E-state index in [9.17, 15) is 9.90 Å². The summed E-state index contributed by atoms with van der Waals surface area (Å²) in [4.78, 5) is 16.6. The highest BCUT2D eigenvalue weighted by atomic mass is 35.5. The normalized spacial score (nSPS) is 11.7. The number of aliphatic hydroxyl groups excluding tert-OH is 1. The zero-order valence-electron chi connectivity index (χ0n) is 11.8. The lowest BCUT2D eigenvalue weighted by atomic mass is 10.1. The third-order valence-corrected chi connectivity index (χ3v) is 3.21.